The Morgan fingerprint density at radius 1 is 1.27 bits per heavy atom. The summed E-state index contributed by atoms with van der Waals surface area (Å²) in [4.78, 5) is 0. The van der Waals surface area contributed by atoms with Gasteiger partial charge < -0.3 is 0 Å². The van der Waals surface area contributed by atoms with Gasteiger partial charge in [-0.15, -0.1) is 0 Å². The highest BCUT2D eigenvalue weighted by Crippen LogP contribution is 1.98. The minimum Gasteiger partial charge on any atom is -0.0874 e. The van der Waals surface area contributed by atoms with E-state index in [1.165, 1.54) is 5.57 Å². The Hall–Kier alpha value is -0.780. The van der Waals surface area contributed by atoms with Crippen LogP contribution >= 0.6 is 0 Å². The van der Waals surface area contributed by atoms with Crippen molar-refractivity contribution < 1.29 is 0 Å². The van der Waals surface area contributed by atoms with E-state index in [0.29, 0.717) is 5.92 Å². The lowest BCUT2D eigenvalue weighted by atomic mass is 10.2. The van der Waals surface area contributed by atoms with Crippen LogP contribution in [0.25, 0.3) is 0 Å². The molecule has 0 radical (unpaired) electrons. The molecule has 0 rings (SSSR count). The van der Waals surface area contributed by atoms with Gasteiger partial charge in [0.05, 0.1) is 0 Å². The average Bonchev–Trinajstić information content (AvgIpc) is 1.87. The van der Waals surface area contributed by atoms with Crippen LogP contribution < -0.4 is 0 Å². The summed E-state index contributed by atoms with van der Waals surface area (Å²) in [6.45, 7) is 8.48. The molecule has 11 heavy (non-hydrogen) atoms. The highest BCUT2D eigenvalue weighted by Gasteiger charge is 1.80. The molecule has 0 saturated carbocycles. The first-order chi connectivity index (χ1) is 5.16. The minimum absolute atomic E-state index is 0.643. The van der Waals surface area contributed by atoms with Crippen molar-refractivity contribution in [1.82, 2.24) is 0 Å². The van der Waals surface area contributed by atoms with Crippen molar-refractivity contribution in [2.75, 3.05) is 0 Å². The Labute approximate surface area is 70.3 Å². The molecular weight excluding hydrogens is 132 g/mol. The molecular formula is C11H18. The molecule has 0 heteroatoms. The maximum absolute atomic E-state index is 2.19. The highest BCUT2D eigenvalue weighted by molar-refractivity contribution is 5.21. The molecule has 0 aromatic heterocycles. The summed E-state index contributed by atoms with van der Waals surface area (Å²) >= 11 is 0. The van der Waals surface area contributed by atoms with Crippen molar-refractivity contribution in [3.05, 3.63) is 36.0 Å². The Kier molecular flexibility index (Phi) is 5.54. The smallest absolute Gasteiger partial charge is 0.0287 e. The minimum atomic E-state index is 0.643. The van der Waals surface area contributed by atoms with Gasteiger partial charge in [-0.2, -0.15) is 0 Å². The van der Waals surface area contributed by atoms with Gasteiger partial charge in [-0.05, 0) is 19.8 Å². The van der Waals surface area contributed by atoms with Crippen molar-refractivity contribution in [2.24, 2.45) is 5.92 Å². The zero-order valence-electron chi connectivity index (χ0n) is 7.96. The van der Waals surface area contributed by atoms with Crippen LogP contribution in [0.1, 0.15) is 27.7 Å². The van der Waals surface area contributed by atoms with Crippen LogP contribution in [0.5, 0.6) is 0 Å². The molecule has 0 aromatic rings. The van der Waals surface area contributed by atoms with Crippen LogP contribution in [0.4, 0.5) is 0 Å². The fourth-order valence-electron chi connectivity index (χ4n) is 0.748. The van der Waals surface area contributed by atoms with Gasteiger partial charge in [-0.25, -0.2) is 0 Å². The lowest BCUT2D eigenvalue weighted by molar-refractivity contribution is 0.832. The number of allylic oxidation sites excluding steroid dienone is 6. The normalized spacial score (nSPS) is 14.1. The zero-order valence-corrected chi connectivity index (χ0v) is 7.96. The molecule has 0 heterocycles. The third-order valence-electron chi connectivity index (χ3n) is 1.28. The van der Waals surface area contributed by atoms with Gasteiger partial charge in [0, 0.05) is 0 Å². The third kappa shape index (κ3) is 7.11. The lowest BCUT2D eigenvalue weighted by Crippen LogP contribution is -1.75. The van der Waals surface area contributed by atoms with Crippen molar-refractivity contribution >= 4 is 0 Å². The lowest BCUT2D eigenvalue weighted by Gasteiger charge is -1.90. The van der Waals surface area contributed by atoms with E-state index in [0.717, 1.165) is 0 Å². The van der Waals surface area contributed by atoms with Gasteiger partial charge in [0.15, 0.2) is 0 Å². The second kappa shape index (κ2) is 5.96. The summed E-state index contributed by atoms with van der Waals surface area (Å²) in [6.07, 6.45) is 10.6. The van der Waals surface area contributed by atoms with Crippen molar-refractivity contribution in [3.8, 4) is 0 Å². The van der Waals surface area contributed by atoms with Crippen molar-refractivity contribution in [2.45, 2.75) is 27.7 Å². The van der Waals surface area contributed by atoms with Gasteiger partial charge in [0.25, 0.3) is 0 Å². The van der Waals surface area contributed by atoms with Crippen LogP contribution in [0.15, 0.2) is 36.0 Å². The molecule has 0 atom stereocenters. The predicted octanol–water partition coefficient (Wildman–Crippen LogP) is 3.72. The van der Waals surface area contributed by atoms with E-state index in [2.05, 4.69) is 51.2 Å². The molecule has 0 fully saturated rings. The first-order valence-corrected chi connectivity index (χ1v) is 4.14. The van der Waals surface area contributed by atoms with Crippen LogP contribution in [0, 0.1) is 5.92 Å². The van der Waals surface area contributed by atoms with Gasteiger partial charge >= 0.3 is 0 Å². The van der Waals surface area contributed by atoms with Crippen LogP contribution in [-0.4, -0.2) is 0 Å². The largest absolute Gasteiger partial charge is 0.0874 e. The second-order valence-corrected chi connectivity index (χ2v) is 3.04. The fourth-order valence-corrected chi connectivity index (χ4v) is 0.748. The number of rotatable bonds is 3. The van der Waals surface area contributed by atoms with Gasteiger partial charge in [-0.1, -0.05) is 49.8 Å². The Balaban J connectivity index is 3.91. The summed E-state index contributed by atoms with van der Waals surface area (Å²) in [7, 11) is 0. The Morgan fingerprint density at radius 2 is 1.91 bits per heavy atom. The molecule has 0 bridgehead atoms. The summed E-state index contributed by atoms with van der Waals surface area (Å²) in [6, 6.07) is 0. The molecule has 0 aliphatic rings. The highest BCUT2D eigenvalue weighted by atomic mass is 13.9. The van der Waals surface area contributed by atoms with Crippen LogP contribution in [0.3, 0.4) is 0 Å². The molecule has 0 N–H and O–H groups in total. The summed E-state index contributed by atoms with van der Waals surface area (Å²) in [5.41, 5.74) is 1.30. The van der Waals surface area contributed by atoms with E-state index in [-0.39, 0.29) is 0 Å². The third-order valence-corrected chi connectivity index (χ3v) is 1.28. The van der Waals surface area contributed by atoms with Gasteiger partial charge in [0.2, 0.25) is 0 Å². The molecule has 62 valence electrons. The topological polar surface area (TPSA) is 0 Å². The monoisotopic (exact) mass is 150 g/mol. The summed E-state index contributed by atoms with van der Waals surface area (Å²) < 4.78 is 0. The van der Waals surface area contributed by atoms with Crippen LogP contribution in [0.2, 0.25) is 0 Å². The molecule has 0 unspecified atom stereocenters. The molecule has 0 aromatic carbocycles. The van der Waals surface area contributed by atoms with E-state index >= 15 is 0 Å². The number of hydrogen-bond donors (Lipinski definition) is 0. The molecule has 0 amide bonds. The van der Waals surface area contributed by atoms with Crippen molar-refractivity contribution in [1.29, 1.82) is 0 Å². The zero-order chi connectivity index (χ0) is 8.69. The van der Waals surface area contributed by atoms with Crippen molar-refractivity contribution in [3.63, 3.8) is 0 Å². The average molecular weight is 150 g/mol. The van der Waals surface area contributed by atoms with E-state index in [1.54, 1.807) is 0 Å². The summed E-state index contributed by atoms with van der Waals surface area (Å²) in [5, 5.41) is 0. The first kappa shape index (κ1) is 10.2. The standard InChI is InChI=1S/C11H18/c1-5-7-11(4)9-6-8-10(2)3/h5-10H,1-4H3/b7-5-,8-6+,11-9-. The molecule has 0 aliphatic heterocycles. The fraction of sp³-hybridized carbons (Fsp3) is 0.455. The second-order valence-electron chi connectivity index (χ2n) is 3.04. The Morgan fingerprint density at radius 3 is 2.36 bits per heavy atom. The SMILES string of the molecule is C\C=C/C(C)=C\C=C\C(C)C. The molecule has 0 nitrogen and oxygen atoms in total. The predicted molar refractivity (Wildman–Crippen MR) is 52.5 cm³/mol. The van der Waals surface area contributed by atoms with E-state index in [9.17, 15) is 0 Å². The Bertz CT molecular complexity index is 168. The van der Waals surface area contributed by atoms with E-state index in [4.69, 9.17) is 0 Å². The van der Waals surface area contributed by atoms with Gasteiger partial charge in [0.1, 0.15) is 0 Å². The molecule has 0 saturated heterocycles. The maximum atomic E-state index is 2.19. The summed E-state index contributed by atoms with van der Waals surface area (Å²) in [5.74, 6) is 0.643. The quantitative estimate of drug-likeness (QED) is 0.538. The number of hydrogen-bond acceptors (Lipinski definition) is 0. The van der Waals surface area contributed by atoms with E-state index in [1.807, 2.05) is 6.92 Å². The van der Waals surface area contributed by atoms with Gasteiger partial charge in [-0.3, -0.25) is 0 Å². The molecule has 0 aliphatic carbocycles. The maximum Gasteiger partial charge on any atom is -0.0287 e. The first-order valence-electron chi connectivity index (χ1n) is 4.14. The van der Waals surface area contributed by atoms with Crippen LogP contribution in [-0.2, 0) is 0 Å². The molecule has 0 spiro atoms. The van der Waals surface area contributed by atoms with E-state index < -0.39 is 0 Å².